The highest BCUT2D eigenvalue weighted by Gasteiger charge is 2.38. The van der Waals surface area contributed by atoms with Gasteiger partial charge in [-0.3, -0.25) is 4.79 Å². The van der Waals surface area contributed by atoms with E-state index in [-0.39, 0.29) is 6.16 Å². The summed E-state index contributed by atoms with van der Waals surface area (Å²) >= 11 is 0. The van der Waals surface area contributed by atoms with E-state index in [2.05, 4.69) is 0 Å². The lowest BCUT2D eigenvalue weighted by atomic mass is 9.91. The van der Waals surface area contributed by atoms with Gasteiger partial charge in [0.15, 0.2) is 6.16 Å². The molecule has 0 radical (unpaired) electrons. The average molecular weight is 232 g/mol. The van der Waals surface area contributed by atoms with Crippen LogP contribution in [0.4, 0.5) is 0 Å². The van der Waals surface area contributed by atoms with Crippen LogP contribution in [0.25, 0.3) is 0 Å². The van der Waals surface area contributed by atoms with Gasteiger partial charge in [-0.1, -0.05) is 19.3 Å². The number of carbonyl (C=O) groups excluding carboxylic acids is 1. The van der Waals surface area contributed by atoms with Crippen molar-refractivity contribution in [2.45, 2.75) is 32.1 Å². The molecule has 15 heavy (non-hydrogen) atoms. The fraction of sp³-hybridized carbons (Fsp3) is 0.800. The highest BCUT2D eigenvalue weighted by atomic mass is 31.2. The molecule has 0 aromatic rings. The van der Waals surface area contributed by atoms with Crippen molar-refractivity contribution < 1.29 is 14.6 Å². The first-order valence-corrected chi connectivity index (χ1v) is 7.46. The van der Waals surface area contributed by atoms with Gasteiger partial charge >= 0.3 is 0 Å². The molecule has 1 fully saturated rings. The Balaban J connectivity index is 2.39. The normalized spacial score (nSPS) is 18.8. The lowest BCUT2D eigenvalue weighted by Gasteiger charge is -2.22. The molecule has 1 aliphatic carbocycles. The molecule has 4 nitrogen and oxygen atoms in total. The summed E-state index contributed by atoms with van der Waals surface area (Å²) < 4.78 is 0. The van der Waals surface area contributed by atoms with Gasteiger partial charge in [0.05, 0.1) is 6.21 Å². The third-order valence-corrected chi connectivity index (χ3v) is 4.76. The van der Waals surface area contributed by atoms with Crippen LogP contribution in [0.1, 0.15) is 32.1 Å². The maximum atomic E-state index is 10.9. The van der Waals surface area contributed by atoms with Gasteiger partial charge in [-0.2, -0.15) is 0 Å². The van der Waals surface area contributed by atoms with Gasteiger partial charge in [0, 0.05) is 0 Å². The molecule has 0 aromatic carbocycles. The predicted octanol–water partition coefficient (Wildman–Crippen LogP) is 1.62. The van der Waals surface area contributed by atoms with Crippen LogP contribution in [0.5, 0.6) is 0 Å². The lowest BCUT2D eigenvalue weighted by molar-refractivity contribution is -0.110. The van der Waals surface area contributed by atoms with E-state index in [1.807, 2.05) is 0 Å². The van der Waals surface area contributed by atoms with Crippen molar-refractivity contribution in [1.82, 2.24) is 0 Å². The summed E-state index contributed by atoms with van der Waals surface area (Å²) in [5, 5.41) is 6.73. The summed E-state index contributed by atoms with van der Waals surface area (Å²) in [6, 6.07) is 0. The number of rotatable bonds is 5. The minimum absolute atomic E-state index is 0.243. The molecular formula is C10H19NO3P+. The van der Waals surface area contributed by atoms with E-state index >= 15 is 0 Å². The second-order valence-corrected chi connectivity index (χ2v) is 6.77. The molecule has 1 saturated carbocycles. The van der Waals surface area contributed by atoms with Crippen molar-refractivity contribution in [2.75, 3.05) is 12.3 Å². The smallest absolute Gasteiger partial charge is 0.275 e. The SMILES string of the molecule is N=CC(=O)C[P+](O)(O)CC1CCCCC1. The van der Waals surface area contributed by atoms with Gasteiger partial charge < -0.3 is 5.41 Å². The second-order valence-electron chi connectivity index (χ2n) is 4.33. The monoisotopic (exact) mass is 232 g/mol. The first-order chi connectivity index (χ1) is 7.03. The van der Waals surface area contributed by atoms with Crippen molar-refractivity contribution in [3.05, 3.63) is 0 Å². The van der Waals surface area contributed by atoms with E-state index in [0.717, 1.165) is 25.7 Å². The van der Waals surface area contributed by atoms with Crippen LogP contribution < -0.4 is 0 Å². The Morgan fingerprint density at radius 2 is 1.93 bits per heavy atom. The van der Waals surface area contributed by atoms with E-state index in [0.29, 0.717) is 18.3 Å². The molecule has 86 valence electrons. The van der Waals surface area contributed by atoms with Crippen LogP contribution in [0.15, 0.2) is 0 Å². The Morgan fingerprint density at radius 3 is 2.47 bits per heavy atom. The zero-order valence-corrected chi connectivity index (χ0v) is 9.75. The zero-order chi connectivity index (χ0) is 11.3. The molecule has 0 atom stereocenters. The summed E-state index contributed by atoms with van der Waals surface area (Å²) in [7, 11) is -3.08. The molecule has 0 aromatic heterocycles. The highest BCUT2D eigenvalue weighted by molar-refractivity contribution is 7.65. The Labute approximate surface area is 90.7 Å². The van der Waals surface area contributed by atoms with Crippen LogP contribution in [0.2, 0.25) is 0 Å². The minimum atomic E-state index is -3.08. The molecule has 1 aliphatic rings. The average Bonchev–Trinajstić information content (AvgIpc) is 2.17. The maximum absolute atomic E-state index is 10.9. The van der Waals surface area contributed by atoms with Crippen molar-refractivity contribution >= 4 is 19.7 Å². The fourth-order valence-electron chi connectivity index (χ4n) is 2.14. The quantitative estimate of drug-likeness (QED) is 0.497. The van der Waals surface area contributed by atoms with Crippen LogP contribution in [0, 0.1) is 11.3 Å². The summed E-state index contributed by atoms with van der Waals surface area (Å²) in [6.07, 6.45) is 6.43. The number of Topliss-reactive ketones (excluding diaryl/α,β-unsaturated/α-hetero) is 1. The van der Waals surface area contributed by atoms with Gasteiger partial charge in [-0.05, 0) is 18.8 Å². The molecule has 0 saturated heterocycles. The van der Waals surface area contributed by atoms with E-state index in [9.17, 15) is 14.6 Å². The molecule has 0 heterocycles. The van der Waals surface area contributed by atoms with Crippen molar-refractivity contribution in [1.29, 1.82) is 5.41 Å². The Morgan fingerprint density at radius 1 is 1.33 bits per heavy atom. The number of nitrogens with one attached hydrogen (secondary N) is 1. The summed E-state index contributed by atoms with van der Waals surface area (Å²) in [4.78, 5) is 30.4. The van der Waals surface area contributed by atoms with E-state index < -0.39 is 13.5 Å². The van der Waals surface area contributed by atoms with Gasteiger partial charge in [0.1, 0.15) is 6.16 Å². The summed E-state index contributed by atoms with van der Waals surface area (Å²) in [6.45, 7) is 0. The predicted molar refractivity (Wildman–Crippen MR) is 61.5 cm³/mol. The zero-order valence-electron chi connectivity index (χ0n) is 8.85. The fourth-order valence-corrected chi connectivity index (χ4v) is 4.05. The molecular weight excluding hydrogens is 213 g/mol. The lowest BCUT2D eigenvalue weighted by Crippen LogP contribution is -2.19. The molecule has 0 unspecified atom stereocenters. The molecule has 3 N–H and O–H groups in total. The largest absolute Gasteiger partial charge is 0.305 e. The van der Waals surface area contributed by atoms with Crippen LogP contribution in [0.3, 0.4) is 0 Å². The van der Waals surface area contributed by atoms with Gasteiger partial charge in [-0.15, -0.1) is 0 Å². The first kappa shape index (κ1) is 12.8. The van der Waals surface area contributed by atoms with Crippen LogP contribution >= 0.6 is 7.72 Å². The van der Waals surface area contributed by atoms with Gasteiger partial charge in [-0.25, -0.2) is 9.79 Å². The van der Waals surface area contributed by atoms with E-state index in [1.165, 1.54) is 6.42 Å². The number of hydrogen-bond donors (Lipinski definition) is 3. The number of ketones is 1. The molecule has 0 spiro atoms. The van der Waals surface area contributed by atoms with E-state index in [1.54, 1.807) is 0 Å². The molecule has 0 amide bonds. The third kappa shape index (κ3) is 4.83. The van der Waals surface area contributed by atoms with Crippen LogP contribution in [-0.2, 0) is 4.79 Å². The Hall–Kier alpha value is -0.310. The summed E-state index contributed by atoms with van der Waals surface area (Å²) in [5.41, 5.74) is 0. The third-order valence-electron chi connectivity index (χ3n) is 2.85. The molecule has 0 aliphatic heterocycles. The van der Waals surface area contributed by atoms with Crippen molar-refractivity contribution in [3.63, 3.8) is 0 Å². The number of carbonyl (C=O) groups is 1. The van der Waals surface area contributed by atoms with Crippen molar-refractivity contribution in [3.8, 4) is 0 Å². The highest BCUT2D eigenvalue weighted by Crippen LogP contribution is 2.52. The molecule has 1 rings (SSSR count). The molecule has 0 bridgehead atoms. The van der Waals surface area contributed by atoms with E-state index in [4.69, 9.17) is 5.41 Å². The standard InChI is InChI=1S/C10H19NO3P/c11-6-10(12)8-15(13,14)7-9-4-2-1-3-5-9/h6,9,11,13-14H,1-5,7-8H2/q+1. The minimum Gasteiger partial charge on any atom is -0.305 e. The molecule has 5 heteroatoms. The number of hydrogen-bond acceptors (Lipinski definition) is 4. The maximum Gasteiger partial charge on any atom is 0.275 e. The summed E-state index contributed by atoms with van der Waals surface area (Å²) in [5.74, 6) is -0.121. The Bertz CT molecular complexity index is 237. The van der Waals surface area contributed by atoms with Crippen LogP contribution in [-0.4, -0.2) is 34.1 Å². The van der Waals surface area contributed by atoms with Gasteiger partial charge in [0.25, 0.3) is 7.72 Å². The topological polar surface area (TPSA) is 81.4 Å². The second kappa shape index (κ2) is 5.69. The van der Waals surface area contributed by atoms with Gasteiger partial charge in [0.2, 0.25) is 5.78 Å². The van der Waals surface area contributed by atoms with Crippen molar-refractivity contribution in [2.24, 2.45) is 5.92 Å². The Kier molecular flexibility index (Phi) is 4.84. The first-order valence-electron chi connectivity index (χ1n) is 5.39.